The molecule has 0 aliphatic heterocycles. The highest BCUT2D eigenvalue weighted by atomic mass is 35.5. The van der Waals surface area contributed by atoms with Crippen LogP contribution in [0.15, 0.2) is 6.33 Å². The summed E-state index contributed by atoms with van der Waals surface area (Å²) < 4.78 is 0. The SMILES string of the molecule is CC[C@@H](C)Nc1nc(Cl)nc2nc[nH]c12. The monoisotopic (exact) mass is 225 g/mol. The molecule has 2 aromatic rings. The van der Waals surface area contributed by atoms with E-state index in [9.17, 15) is 0 Å². The Morgan fingerprint density at radius 1 is 1.53 bits per heavy atom. The summed E-state index contributed by atoms with van der Waals surface area (Å²) in [6.07, 6.45) is 2.59. The second-order valence-electron chi connectivity index (χ2n) is 3.40. The summed E-state index contributed by atoms with van der Waals surface area (Å²) in [5.41, 5.74) is 1.38. The van der Waals surface area contributed by atoms with Gasteiger partial charge in [0.2, 0.25) is 5.28 Å². The molecule has 0 spiro atoms. The van der Waals surface area contributed by atoms with Gasteiger partial charge in [-0.2, -0.15) is 9.97 Å². The number of anilines is 1. The van der Waals surface area contributed by atoms with Crippen molar-refractivity contribution in [2.24, 2.45) is 0 Å². The number of nitrogens with zero attached hydrogens (tertiary/aromatic N) is 3. The van der Waals surface area contributed by atoms with Gasteiger partial charge < -0.3 is 10.3 Å². The fourth-order valence-electron chi connectivity index (χ4n) is 1.25. The molecule has 0 aliphatic rings. The predicted octanol–water partition coefficient (Wildman–Crippen LogP) is 2.22. The van der Waals surface area contributed by atoms with Crippen LogP contribution in [0.25, 0.3) is 11.2 Å². The predicted molar refractivity (Wildman–Crippen MR) is 60.1 cm³/mol. The third-order valence-electron chi connectivity index (χ3n) is 2.25. The topological polar surface area (TPSA) is 66.5 Å². The molecule has 0 bridgehead atoms. The largest absolute Gasteiger partial charge is 0.366 e. The zero-order valence-electron chi connectivity index (χ0n) is 8.58. The molecule has 2 N–H and O–H groups in total. The standard InChI is InChI=1S/C9H12ClN5/c1-3-5(2)13-8-6-7(12-4-11-6)14-9(10)15-8/h4-5H,3H2,1-2H3,(H2,11,12,13,14,15)/t5-/m1/s1. The van der Waals surface area contributed by atoms with Crippen LogP contribution in [0.1, 0.15) is 20.3 Å². The molecule has 0 fully saturated rings. The minimum Gasteiger partial charge on any atom is -0.366 e. The van der Waals surface area contributed by atoms with E-state index in [0.717, 1.165) is 11.9 Å². The first-order valence-electron chi connectivity index (χ1n) is 4.84. The van der Waals surface area contributed by atoms with E-state index >= 15 is 0 Å². The first-order chi connectivity index (χ1) is 7.20. The van der Waals surface area contributed by atoms with Crippen LogP contribution < -0.4 is 5.32 Å². The molecule has 6 heteroatoms. The van der Waals surface area contributed by atoms with E-state index in [2.05, 4.69) is 39.1 Å². The third kappa shape index (κ3) is 2.02. The summed E-state index contributed by atoms with van der Waals surface area (Å²) in [5, 5.41) is 3.46. The number of H-pyrrole nitrogens is 1. The van der Waals surface area contributed by atoms with E-state index in [4.69, 9.17) is 11.6 Å². The highest BCUT2D eigenvalue weighted by Gasteiger charge is 2.10. The fourth-order valence-corrected chi connectivity index (χ4v) is 1.41. The van der Waals surface area contributed by atoms with E-state index in [1.54, 1.807) is 6.33 Å². The van der Waals surface area contributed by atoms with Gasteiger partial charge in [-0.3, -0.25) is 0 Å². The van der Waals surface area contributed by atoms with Gasteiger partial charge in [0.15, 0.2) is 11.5 Å². The number of rotatable bonds is 3. The minimum atomic E-state index is 0.209. The molecule has 2 rings (SSSR count). The fraction of sp³-hybridized carbons (Fsp3) is 0.444. The molecule has 0 saturated heterocycles. The number of hydrogen-bond donors (Lipinski definition) is 2. The smallest absolute Gasteiger partial charge is 0.226 e. The lowest BCUT2D eigenvalue weighted by atomic mass is 10.2. The van der Waals surface area contributed by atoms with Crippen LogP contribution in [-0.4, -0.2) is 26.0 Å². The molecule has 0 aliphatic carbocycles. The molecule has 0 amide bonds. The minimum absolute atomic E-state index is 0.209. The molecule has 2 aromatic heterocycles. The highest BCUT2D eigenvalue weighted by Crippen LogP contribution is 2.19. The zero-order valence-corrected chi connectivity index (χ0v) is 9.34. The summed E-state index contributed by atoms with van der Waals surface area (Å²) in [6, 6.07) is 0.336. The van der Waals surface area contributed by atoms with Crippen molar-refractivity contribution >= 4 is 28.6 Å². The number of hydrogen-bond acceptors (Lipinski definition) is 4. The van der Waals surface area contributed by atoms with Crippen molar-refractivity contribution in [1.82, 2.24) is 19.9 Å². The van der Waals surface area contributed by atoms with Crippen molar-refractivity contribution in [1.29, 1.82) is 0 Å². The molecular weight excluding hydrogens is 214 g/mol. The van der Waals surface area contributed by atoms with Crippen LogP contribution in [0.3, 0.4) is 0 Å². The lowest BCUT2D eigenvalue weighted by Gasteiger charge is -2.12. The average molecular weight is 226 g/mol. The second-order valence-corrected chi connectivity index (χ2v) is 3.73. The highest BCUT2D eigenvalue weighted by molar-refractivity contribution is 6.28. The van der Waals surface area contributed by atoms with Crippen LogP contribution in [0, 0.1) is 0 Å². The van der Waals surface area contributed by atoms with Crippen LogP contribution >= 0.6 is 11.6 Å². The second kappa shape index (κ2) is 4.02. The van der Waals surface area contributed by atoms with Gasteiger partial charge >= 0.3 is 0 Å². The number of halogens is 1. The van der Waals surface area contributed by atoms with Crippen molar-refractivity contribution in [3.63, 3.8) is 0 Å². The summed E-state index contributed by atoms with van der Waals surface area (Å²) >= 11 is 5.79. The van der Waals surface area contributed by atoms with Crippen LogP contribution in [0.4, 0.5) is 5.82 Å². The molecule has 5 nitrogen and oxygen atoms in total. The number of fused-ring (bicyclic) bond motifs is 1. The summed E-state index contributed by atoms with van der Waals surface area (Å²) in [5.74, 6) is 0.705. The van der Waals surface area contributed by atoms with Gasteiger partial charge in [0, 0.05) is 6.04 Å². The molecule has 0 unspecified atom stereocenters. The molecule has 0 aromatic carbocycles. The summed E-state index contributed by atoms with van der Waals surface area (Å²) in [6.45, 7) is 4.18. The van der Waals surface area contributed by atoms with Crippen molar-refractivity contribution in [2.45, 2.75) is 26.3 Å². The van der Waals surface area contributed by atoms with Crippen LogP contribution in [-0.2, 0) is 0 Å². The quantitative estimate of drug-likeness (QED) is 0.786. The van der Waals surface area contributed by atoms with Gasteiger partial charge in [-0.1, -0.05) is 6.92 Å². The van der Waals surface area contributed by atoms with E-state index in [0.29, 0.717) is 17.5 Å². The maximum Gasteiger partial charge on any atom is 0.226 e. The van der Waals surface area contributed by atoms with Crippen LogP contribution in [0.2, 0.25) is 5.28 Å². The normalized spacial score (nSPS) is 13.0. The molecular formula is C9H12ClN5. The van der Waals surface area contributed by atoms with Crippen molar-refractivity contribution in [3.05, 3.63) is 11.6 Å². The molecule has 80 valence electrons. The van der Waals surface area contributed by atoms with Crippen molar-refractivity contribution < 1.29 is 0 Å². The first kappa shape index (κ1) is 10.2. The molecule has 0 radical (unpaired) electrons. The van der Waals surface area contributed by atoms with Gasteiger partial charge in [-0.05, 0) is 24.9 Å². The Bertz CT molecular complexity index is 466. The van der Waals surface area contributed by atoms with Gasteiger partial charge in [0.25, 0.3) is 0 Å². The Balaban J connectivity index is 2.44. The van der Waals surface area contributed by atoms with E-state index in [1.165, 1.54) is 0 Å². The Hall–Kier alpha value is -1.36. The number of aromatic nitrogens is 4. The van der Waals surface area contributed by atoms with Gasteiger partial charge in [-0.15, -0.1) is 0 Å². The van der Waals surface area contributed by atoms with Crippen molar-refractivity contribution in [3.8, 4) is 0 Å². The zero-order chi connectivity index (χ0) is 10.8. The maximum atomic E-state index is 5.79. The Labute approximate surface area is 92.3 Å². The molecule has 0 saturated carbocycles. The van der Waals surface area contributed by atoms with Gasteiger partial charge in [0.1, 0.15) is 5.52 Å². The molecule has 15 heavy (non-hydrogen) atoms. The van der Waals surface area contributed by atoms with Crippen LogP contribution in [0.5, 0.6) is 0 Å². The Morgan fingerprint density at radius 2 is 2.33 bits per heavy atom. The van der Waals surface area contributed by atoms with Gasteiger partial charge in [-0.25, -0.2) is 4.98 Å². The Morgan fingerprint density at radius 3 is 3.07 bits per heavy atom. The molecule has 1 atom stereocenters. The first-order valence-corrected chi connectivity index (χ1v) is 5.21. The van der Waals surface area contributed by atoms with Gasteiger partial charge in [0.05, 0.1) is 6.33 Å². The number of nitrogens with one attached hydrogen (secondary N) is 2. The molecule has 2 heterocycles. The number of aromatic amines is 1. The maximum absolute atomic E-state index is 5.79. The van der Waals surface area contributed by atoms with E-state index < -0.39 is 0 Å². The third-order valence-corrected chi connectivity index (χ3v) is 2.42. The Kier molecular flexibility index (Phi) is 2.73. The van der Waals surface area contributed by atoms with E-state index in [-0.39, 0.29) is 5.28 Å². The number of imidazole rings is 1. The summed E-state index contributed by atoms with van der Waals surface area (Å²) in [4.78, 5) is 15.2. The summed E-state index contributed by atoms with van der Waals surface area (Å²) in [7, 11) is 0. The average Bonchev–Trinajstić information content (AvgIpc) is 2.65. The van der Waals surface area contributed by atoms with E-state index in [1.807, 2.05) is 0 Å². The lowest BCUT2D eigenvalue weighted by Crippen LogP contribution is -2.15. The lowest BCUT2D eigenvalue weighted by molar-refractivity contribution is 0.760. The van der Waals surface area contributed by atoms with Crippen molar-refractivity contribution in [2.75, 3.05) is 5.32 Å².